The van der Waals surface area contributed by atoms with Crippen LogP contribution in [0.2, 0.25) is 0 Å². The van der Waals surface area contributed by atoms with Gasteiger partial charge in [0.05, 0.1) is 11.0 Å². The highest BCUT2D eigenvalue weighted by Gasteiger charge is 2.11. The average Bonchev–Trinajstić information content (AvgIpc) is 2.85. The van der Waals surface area contributed by atoms with E-state index in [1.165, 1.54) is 16.6 Å². The van der Waals surface area contributed by atoms with Gasteiger partial charge in [0.15, 0.2) is 0 Å². The van der Waals surface area contributed by atoms with E-state index in [4.69, 9.17) is 10.7 Å². The number of benzene rings is 2. The monoisotopic (exact) mass is 265 g/mol. The smallest absolute Gasteiger partial charge is 0.114 e. The molecule has 102 valence electrons. The zero-order chi connectivity index (χ0) is 13.9. The number of imidazole rings is 1. The van der Waals surface area contributed by atoms with Crippen LogP contribution in [0.15, 0.2) is 48.5 Å². The maximum atomic E-state index is 5.82. The molecular weight excluding hydrogens is 246 g/mol. The van der Waals surface area contributed by atoms with E-state index >= 15 is 0 Å². The fourth-order valence-corrected chi connectivity index (χ4v) is 2.71. The molecule has 1 aromatic heterocycles. The summed E-state index contributed by atoms with van der Waals surface area (Å²) in [4.78, 5) is 4.78. The van der Waals surface area contributed by atoms with Crippen molar-refractivity contribution < 1.29 is 0 Å². The first-order valence-corrected chi connectivity index (χ1v) is 7.04. The van der Waals surface area contributed by atoms with E-state index in [9.17, 15) is 0 Å². The Morgan fingerprint density at radius 2 is 1.70 bits per heavy atom. The van der Waals surface area contributed by atoms with Crippen molar-refractivity contribution >= 4 is 11.0 Å². The minimum atomic E-state index is 0.572. The Hall–Kier alpha value is -2.13. The first kappa shape index (κ1) is 12.9. The Balaban J connectivity index is 2.06. The zero-order valence-electron chi connectivity index (χ0n) is 11.7. The lowest BCUT2D eigenvalue weighted by Gasteiger charge is -2.09. The molecule has 0 aliphatic rings. The first-order chi connectivity index (χ1) is 9.83. The van der Waals surface area contributed by atoms with Crippen molar-refractivity contribution in [3.05, 3.63) is 65.5 Å². The van der Waals surface area contributed by atoms with Crippen LogP contribution >= 0.6 is 0 Å². The Morgan fingerprint density at radius 3 is 2.45 bits per heavy atom. The summed E-state index contributed by atoms with van der Waals surface area (Å²) < 4.78 is 2.28. The fourth-order valence-electron chi connectivity index (χ4n) is 2.71. The highest BCUT2D eigenvalue weighted by Crippen LogP contribution is 2.19. The van der Waals surface area contributed by atoms with Gasteiger partial charge in [0.1, 0.15) is 5.82 Å². The van der Waals surface area contributed by atoms with E-state index in [-0.39, 0.29) is 0 Å². The topological polar surface area (TPSA) is 43.8 Å². The molecule has 0 amide bonds. The van der Waals surface area contributed by atoms with Crippen LogP contribution < -0.4 is 5.73 Å². The van der Waals surface area contributed by atoms with Crippen molar-refractivity contribution in [1.29, 1.82) is 0 Å². The lowest BCUT2D eigenvalue weighted by molar-refractivity contribution is 0.731. The van der Waals surface area contributed by atoms with E-state index < -0.39 is 0 Å². The number of aryl methyl sites for hydroxylation is 1. The molecule has 0 fully saturated rings. The van der Waals surface area contributed by atoms with Gasteiger partial charge < -0.3 is 10.3 Å². The van der Waals surface area contributed by atoms with Gasteiger partial charge in [0.25, 0.3) is 0 Å². The molecule has 0 unspecified atom stereocenters. The molecule has 1 heterocycles. The minimum absolute atomic E-state index is 0.572. The molecule has 3 aromatic rings. The number of fused-ring (bicyclic) bond motifs is 1. The second-order valence-corrected chi connectivity index (χ2v) is 4.91. The predicted molar refractivity (Wildman–Crippen MR) is 82.5 cm³/mol. The van der Waals surface area contributed by atoms with Gasteiger partial charge in [-0.3, -0.25) is 0 Å². The summed E-state index contributed by atoms with van der Waals surface area (Å²) in [6, 6.07) is 16.6. The standard InChI is InChI=1S/C17H19N3/c1-2-20-16-10-6-5-9-15(16)19-17(20)11-13-7-3-4-8-14(13)12-18/h3-10H,2,11-12,18H2,1H3. The van der Waals surface area contributed by atoms with E-state index in [0.29, 0.717) is 6.54 Å². The van der Waals surface area contributed by atoms with Gasteiger partial charge >= 0.3 is 0 Å². The van der Waals surface area contributed by atoms with Crippen LogP contribution in [0.1, 0.15) is 23.9 Å². The van der Waals surface area contributed by atoms with Crippen LogP contribution in [0, 0.1) is 0 Å². The Bertz CT molecular complexity index is 728. The molecule has 2 N–H and O–H groups in total. The van der Waals surface area contributed by atoms with E-state index in [1.807, 2.05) is 12.1 Å². The number of nitrogens with zero attached hydrogens (tertiary/aromatic N) is 2. The molecule has 0 aliphatic carbocycles. The minimum Gasteiger partial charge on any atom is -0.328 e. The zero-order valence-corrected chi connectivity index (χ0v) is 11.7. The molecule has 20 heavy (non-hydrogen) atoms. The summed E-state index contributed by atoms with van der Waals surface area (Å²) in [6.45, 7) is 3.66. The fraction of sp³-hybridized carbons (Fsp3) is 0.235. The van der Waals surface area contributed by atoms with Crippen molar-refractivity contribution in [3.63, 3.8) is 0 Å². The Kier molecular flexibility index (Phi) is 3.52. The molecule has 0 radical (unpaired) electrons. The van der Waals surface area contributed by atoms with Crippen LogP contribution in [0.25, 0.3) is 11.0 Å². The van der Waals surface area contributed by atoms with Gasteiger partial charge in [-0.05, 0) is 30.2 Å². The molecule has 2 aromatic carbocycles. The number of hydrogen-bond donors (Lipinski definition) is 1. The summed E-state index contributed by atoms with van der Waals surface area (Å²) >= 11 is 0. The van der Waals surface area contributed by atoms with E-state index in [2.05, 4.69) is 47.9 Å². The molecule has 3 rings (SSSR count). The lowest BCUT2D eigenvalue weighted by atomic mass is 10.0. The van der Waals surface area contributed by atoms with Gasteiger partial charge in [-0.25, -0.2) is 4.98 Å². The number of rotatable bonds is 4. The second-order valence-electron chi connectivity index (χ2n) is 4.91. The maximum absolute atomic E-state index is 5.82. The number of hydrogen-bond acceptors (Lipinski definition) is 2. The quantitative estimate of drug-likeness (QED) is 0.787. The van der Waals surface area contributed by atoms with Crippen molar-refractivity contribution in [2.45, 2.75) is 26.4 Å². The summed E-state index contributed by atoms with van der Waals surface area (Å²) in [5, 5.41) is 0. The van der Waals surface area contributed by atoms with E-state index in [1.54, 1.807) is 0 Å². The van der Waals surface area contributed by atoms with Gasteiger partial charge in [0.2, 0.25) is 0 Å². The molecule has 3 nitrogen and oxygen atoms in total. The highest BCUT2D eigenvalue weighted by molar-refractivity contribution is 5.76. The molecule has 0 saturated heterocycles. The SMILES string of the molecule is CCn1c(Cc2ccccc2CN)nc2ccccc21. The van der Waals surface area contributed by atoms with Gasteiger partial charge in [-0.2, -0.15) is 0 Å². The van der Waals surface area contributed by atoms with Crippen molar-refractivity contribution in [3.8, 4) is 0 Å². The number of aromatic nitrogens is 2. The summed E-state index contributed by atoms with van der Waals surface area (Å²) in [6.07, 6.45) is 0.829. The Morgan fingerprint density at radius 1 is 1.00 bits per heavy atom. The maximum Gasteiger partial charge on any atom is 0.114 e. The van der Waals surface area contributed by atoms with E-state index in [0.717, 1.165) is 24.3 Å². The van der Waals surface area contributed by atoms with Crippen LogP contribution in [0.3, 0.4) is 0 Å². The molecule has 0 saturated carbocycles. The third-order valence-corrected chi connectivity index (χ3v) is 3.74. The second kappa shape index (κ2) is 5.47. The van der Waals surface area contributed by atoms with Crippen molar-refractivity contribution in [2.24, 2.45) is 5.73 Å². The highest BCUT2D eigenvalue weighted by atomic mass is 15.1. The number of nitrogens with two attached hydrogens (primary N) is 1. The number of para-hydroxylation sites is 2. The molecule has 0 atom stereocenters. The molecule has 0 bridgehead atoms. The normalized spacial score (nSPS) is 11.1. The largest absolute Gasteiger partial charge is 0.328 e. The van der Waals surface area contributed by atoms with Crippen LogP contribution in [0.5, 0.6) is 0 Å². The van der Waals surface area contributed by atoms with Gasteiger partial charge in [0, 0.05) is 19.5 Å². The lowest BCUT2D eigenvalue weighted by Crippen LogP contribution is -2.06. The van der Waals surface area contributed by atoms with Gasteiger partial charge in [-0.15, -0.1) is 0 Å². The molecule has 0 spiro atoms. The molecule has 3 heteroatoms. The summed E-state index contributed by atoms with van der Waals surface area (Å²) in [7, 11) is 0. The van der Waals surface area contributed by atoms with Crippen LogP contribution in [-0.4, -0.2) is 9.55 Å². The third kappa shape index (κ3) is 2.21. The average molecular weight is 265 g/mol. The summed E-state index contributed by atoms with van der Waals surface area (Å²) in [5.41, 5.74) is 10.6. The summed E-state index contributed by atoms with van der Waals surface area (Å²) in [5.74, 6) is 1.11. The third-order valence-electron chi connectivity index (χ3n) is 3.74. The van der Waals surface area contributed by atoms with Gasteiger partial charge in [-0.1, -0.05) is 36.4 Å². The molecule has 0 aliphatic heterocycles. The molecular formula is C17H19N3. The van der Waals surface area contributed by atoms with Crippen LogP contribution in [0.4, 0.5) is 0 Å². The first-order valence-electron chi connectivity index (χ1n) is 7.04. The van der Waals surface area contributed by atoms with Crippen molar-refractivity contribution in [1.82, 2.24) is 9.55 Å². The van der Waals surface area contributed by atoms with Crippen molar-refractivity contribution in [2.75, 3.05) is 0 Å². The van der Waals surface area contributed by atoms with Crippen LogP contribution in [-0.2, 0) is 19.5 Å². The Labute approximate surface area is 119 Å². The predicted octanol–water partition coefficient (Wildman–Crippen LogP) is 3.11.